The van der Waals surface area contributed by atoms with E-state index in [-0.39, 0.29) is 17.9 Å². The van der Waals surface area contributed by atoms with Crippen LogP contribution in [0.5, 0.6) is 5.75 Å². The van der Waals surface area contributed by atoms with E-state index < -0.39 is 0 Å². The third-order valence-electron chi connectivity index (χ3n) is 3.86. The van der Waals surface area contributed by atoms with Gasteiger partial charge in [-0.05, 0) is 12.0 Å². The number of methoxy groups -OCH3 is 1. The predicted octanol–water partition coefficient (Wildman–Crippen LogP) is 1.98. The van der Waals surface area contributed by atoms with Crippen molar-refractivity contribution in [3.05, 3.63) is 29.8 Å². The van der Waals surface area contributed by atoms with Gasteiger partial charge in [0.15, 0.2) is 0 Å². The Hall–Kier alpha value is -1.06. The highest BCUT2D eigenvalue weighted by Crippen LogP contribution is 2.44. The van der Waals surface area contributed by atoms with Gasteiger partial charge in [0.05, 0.1) is 25.7 Å². The molecule has 3 nitrogen and oxygen atoms in total. The third-order valence-corrected chi connectivity index (χ3v) is 3.86. The quantitative estimate of drug-likeness (QED) is 0.849. The summed E-state index contributed by atoms with van der Waals surface area (Å²) in [5, 5.41) is 9.56. The average molecular weight is 236 g/mol. The lowest BCUT2D eigenvalue weighted by molar-refractivity contribution is -0.102. The van der Waals surface area contributed by atoms with Gasteiger partial charge in [-0.15, -0.1) is 0 Å². The Balaban J connectivity index is 2.40. The monoisotopic (exact) mass is 236 g/mol. The van der Waals surface area contributed by atoms with Crippen LogP contribution in [-0.2, 0) is 10.2 Å². The molecule has 0 radical (unpaired) electrons. The van der Waals surface area contributed by atoms with Gasteiger partial charge in [0, 0.05) is 12.2 Å². The molecule has 1 aromatic rings. The van der Waals surface area contributed by atoms with E-state index in [0.717, 1.165) is 17.7 Å². The first-order valence-corrected chi connectivity index (χ1v) is 6.10. The summed E-state index contributed by atoms with van der Waals surface area (Å²) in [4.78, 5) is 0. The van der Waals surface area contributed by atoms with Crippen molar-refractivity contribution in [1.82, 2.24) is 0 Å². The van der Waals surface area contributed by atoms with Crippen LogP contribution in [-0.4, -0.2) is 32.0 Å². The number of para-hydroxylation sites is 1. The summed E-state index contributed by atoms with van der Waals surface area (Å²) in [5.41, 5.74) is 1.09. The second-order valence-corrected chi connectivity index (χ2v) is 4.64. The largest absolute Gasteiger partial charge is 0.496 e. The van der Waals surface area contributed by atoms with Gasteiger partial charge >= 0.3 is 0 Å². The van der Waals surface area contributed by atoms with Crippen LogP contribution in [0.1, 0.15) is 18.9 Å². The lowest BCUT2D eigenvalue weighted by atomic mass is 9.67. The van der Waals surface area contributed by atoms with Gasteiger partial charge in [-0.2, -0.15) is 0 Å². The number of hydrogen-bond acceptors (Lipinski definition) is 3. The number of hydrogen-bond donors (Lipinski definition) is 1. The molecule has 0 bridgehead atoms. The molecule has 0 amide bonds. The Morgan fingerprint density at radius 2 is 2.12 bits per heavy atom. The van der Waals surface area contributed by atoms with Crippen molar-refractivity contribution in [2.45, 2.75) is 18.8 Å². The molecule has 1 aliphatic rings. The maximum absolute atomic E-state index is 9.56. The van der Waals surface area contributed by atoms with Gasteiger partial charge in [-0.3, -0.25) is 0 Å². The van der Waals surface area contributed by atoms with Crippen molar-refractivity contribution in [2.75, 3.05) is 26.9 Å². The maximum atomic E-state index is 9.56. The molecular formula is C14H20O3. The summed E-state index contributed by atoms with van der Waals surface area (Å²) in [6.07, 6.45) is 0.942. The minimum absolute atomic E-state index is 0.0733. The molecule has 2 rings (SSSR count). The number of ether oxygens (including phenoxy) is 2. The molecule has 0 saturated carbocycles. The predicted molar refractivity (Wildman–Crippen MR) is 66.4 cm³/mol. The fourth-order valence-corrected chi connectivity index (χ4v) is 2.68. The zero-order chi connectivity index (χ0) is 12.3. The van der Waals surface area contributed by atoms with Crippen molar-refractivity contribution in [3.63, 3.8) is 0 Å². The molecule has 1 unspecified atom stereocenters. The Morgan fingerprint density at radius 1 is 1.41 bits per heavy atom. The topological polar surface area (TPSA) is 38.7 Å². The van der Waals surface area contributed by atoms with Crippen molar-refractivity contribution in [1.29, 1.82) is 0 Å². The zero-order valence-electron chi connectivity index (χ0n) is 10.5. The van der Waals surface area contributed by atoms with Crippen LogP contribution in [0, 0.1) is 5.92 Å². The molecule has 1 N–H and O–H groups in total. The molecule has 1 saturated heterocycles. The Labute approximate surface area is 102 Å². The van der Waals surface area contributed by atoms with Crippen molar-refractivity contribution in [2.24, 2.45) is 5.92 Å². The summed E-state index contributed by atoms with van der Waals surface area (Å²) < 4.78 is 10.8. The number of aliphatic hydroxyl groups excluding tert-OH is 1. The van der Waals surface area contributed by atoms with E-state index in [9.17, 15) is 5.11 Å². The molecule has 1 atom stereocenters. The third kappa shape index (κ3) is 1.94. The lowest BCUT2D eigenvalue weighted by Crippen LogP contribution is -2.53. The van der Waals surface area contributed by atoms with Crippen LogP contribution in [0.2, 0.25) is 0 Å². The van der Waals surface area contributed by atoms with Crippen LogP contribution >= 0.6 is 0 Å². The van der Waals surface area contributed by atoms with Crippen molar-refractivity contribution >= 4 is 0 Å². The van der Waals surface area contributed by atoms with Crippen LogP contribution in [0.3, 0.4) is 0 Å². The molecule has 1 fully saturated rings. The molecule has 17 heavy (non-hydrogen) atoms. The highest BCUT2D eigenvalue weighted by atomic mass is 16.5. The molecule has 0 aromatic heterocycles. The minimum atomic E-state index is -0.0733. The molecule has 0 spiro atoms. The first-order valence-electron chi connectivity index (χ1n) is 6.10. The Morgan fingerprint density at radius 3 is 2.59 bits per heavy atom. The van der Waals surface area contributed by atoms with Crippen molar-refractivity contribution < 1.29 is 14.6 Å². The van der Waals surface area contributed by atoms with E-state index in [1.54, 1.807) is 7.11 Å². The summed E-state index contributed by atoms with van der Waals surface area (Å²) in [7, 11) is 1.69. The molecular weight excluding hydrogens is 216 g/mol. The van der Waals surface area contributed by atoms with E-state index in [1.807, 2.05) is 18.2 Å². The van der Waals surface area contributed by atoms with Crippen LogP contribution < -0.4 is 4.74 Å². The SMILES string of the molecule is CCC(CO)C1(c2ccccc2OC)COC1. The van der Waals surface area contributed by atoms with Gasteiger partial charge in [-0.1, -0.05) is 31.5 Å². The molecule has 0 aliphatic carbocycles. The van der Waals surface area contributed by atoms with E-state index in [1.165, 1.54) is 0 Å². The molecule has 1 aromatic carbocycles. The van der Waals surface area contributed by atoms with E-state index >= 15 is 0 Å². The lowest BCUT2D eigenvalue weighted by Gasteiger charge is -2.47. The van der Waals surface area contributed by atoms with E-state index in [4.69, 9.17) is 9.47 Å². The van der Waals surface area contributed by atoms with Gasteiger partial charge in [0.1, 0.15) is 5.75 Å². The maximum Gasteiger partial charge on any atom is 0.122 e. The first-order chi connectivity index (χ1) is 8.28. The fraction of sp³-hybridized carbons (Fsp3) is 0.571. The number of benzene rings is 1. The highest BCUT2D eigenvalue weighted by Gasteiger charge is 2.47. The number of rotatable bonds is 5. The first kappa shape index (κ1) is 12.4. The van der Waals surface area contributed by atoms with Gasteiger partial charge < -0.3 is 14.6 Å². The highest BCUT2D eigenvalue weighted by molar-refractivity contribution is 5.42. The smallest absolute Gasteiger partial charge is 0.122 e. The summed E-state index contributed by atoms with van der Waals surface area (Å²) in [5.74, 6) is 1.12. The Kier molecular flexibility index (Phi) is 3.69. The summed E-state index contributed by atoms with van der Waals surface area (Å²) >= 11 is 0. The van der Waals surface area contributed by atoms with Crippen molar-refractivity contribution in [3.8, 4) is 5.75 Å². The Bertz CT molecular complexity index is 367. The second-order valence-electron chi connectivity index (χ2n) is 4.64. The van der Waals surface area contributed by atoms with Gasteiger partial charge in [-0.25, -0.2) is 0 Å². The summed E-state index contributed by atoms with van der Waals surface area (Å²) in [6.45, 7) is 3.65. The van der Waals surface area contributed by atoms with Crippen LogP contribution in [0.15, 0.2) is 24.3 Å². The molecule has 1 aliphatic heterocycles. The second kappa shape index (κ2) is 5.07. The zero-order valence-corrected chi connectivity index (χ0v) is 10.5. The van der Waals surface area contributed by atoms with Crippen LogP contribution in [0.25, 0.3) is 0 Å². The standard InChI is InChI=1S/C14H20O3/c1-3-11(8-15)14(9-17-10-14)12-6-4-5-7-13(12)16-2/h4-7,11,15H,3,8-10H2,1-2H3. The molecule has 1 heterocycles. The van der Waals surface area contributed by atoms with Gasteiger partial charge in [0.2, 0.25) is 0 Å². The fourth-order valence-electron chi connectivity index (χ4n) is 2.68. The normalized spacial score (nSPS) is 19.5. The van der Waals surface area contributed by atoms with E-state index in [0.29, 0.717) is 13.2 Å². The van der Waals surface area contributed by atoms with E-state index in [2.05, 4.69) is 13.0 Å². The summed E-state index contributed by atoms with van der Waals surface area (Å²) in [6, 6.07) is 8.04. The average Bonchev–Trinajstić information content (AvgIpc) is 2.33. The molecule has 3 heteroatoms. The van der Waals surface area contributed by atoms with Gasteiger partial charge in [0.25, 0.3) is 0 Å². The van der Waals surface area contributed by atoms with Crippen LogP contribution in [0.4, 0.5) is 0 Å². The molecule has 94 valence electrons. The minimum Gasteiger partial charge on any atom is -0.496 e. The number of aliphatic hydroxyl groups is 1.